The molecule has 3 aromatic heterocycles. The Morgan fingerprint density at radius 3 is 2.74 bits per heavy atom. The molecule has 0 radical (unpaired) electrons. The zero-order chi connectivity index (χ0) is 27.5. The zero-order valence-electron chi connectivity index (χ0n) is 21.9. The van der Waals surface area contributed by atoms with E-state index in [9.17, 15) is 4.79 Å². The molecule has 1 amide bonds. The molecule has 5 rings (SSSR count). The SMILES string of the molecule is C=CC(=O)N1CCN(c2nc(Nc3cnn(C)c3)ncc2-c2ccc(Oc3nccc(C)n3)c(F)c2)C(C)C1. The zero-order valence-corrected chi connectivity index (χ0v) is 21.9. The minimum absolute atomic E-state index is 0.00611. The summed E-state index contributed by atoms with van der Waals surface area (Å²) in [7, 11) is 1.82. The van der Waals surface area contributed by atoms with Crippen LogP contribution in [0.5, 0.6) is 11.8 Å². The molecule has 1 aliphatic rings. The molecule has 1 unspecified atom stereocenters. The van der Waals surface area contributed by atoms with Gasteiger partial charge in [0.2, 0.25) is 11.9 Å². The molecule has 1 aliphatic heterocycles. The number of hydrogen-bond donors (Lipinski definition) is 1. The van der Waals surface area contributed by atoms with E-state index in [4.69, 9.17) is 9.72 Å². The van der Waals surface area contributed by atoms with Crippen molar-refractivity contribution in [2.24, 2.45) is 7.05 Å². The maximum atomic E-state index is 15.2. The maximum Gasteiger partial charge on any atom is 0.322 e. The average Bonchev–Trinajstić information content (AvgIpc) is 3.33. The quantitative estimate of drug-likeness (QED) is 0.356. The lowest BCUT2D eigenvalue weighted by molar-refractivity contribution is -0.126. The van der Waals surface area contributed by atoms with Crippen molar-refractivity contribution in [2.75, 3.05) is 29.9 Å². The molecule has 12 heteroatoms. The van der Waals surface area contributed by atoms with Crippen LogP contribution in [-0.2, 0) is 11.8 Å². The number of rotatable bonds is 7. The summed E-state index contributed by atoms with van der Waals surface area (Å²) in [6.45, 7) is 8.95. The number of halogens is 1. The molecule has 4 aromatic rings. The van der Waals surface area contributed by atoms with Gasteiger partial charge in [-0.3, -0.25) is 9.48 Å². The van der Waals surface area contributed by atoms with Gasteiger partial charge in [0.1, 0.15) is 5.82 Å². The van der Waals surface area contributed by atoms with Gasteiger partial charge in [-0.2, -0.15) is 10.1 Å². The first kappa shape index (κ1) is 25.8. The Morgan fingerprint density at radius 1 is 1.21 bits per heavy atom. The second-order valence-electron chi connectivity index (χ2n) is 9.22. The van der Waals surface area contributed by atoms with E-state index in [1.807, 2.05) is 20.2 Å². The van der Waals surface area contributed by atoms with Crippen LogP contribution in [0.1, 0.15) is 12.6 Å². The number of anilines is 3. The van der Waals surface area contributed by atoms with E-state index >= 15 is 4.39 Å². The van der Waals surface area contributed by atoms with E-state index in [1.165, 1.54) is 18.2 Å². The van der Waals surface area contributed by atoms with E-state index in [0.717, 1.165) is 5.69 Å². The maximum absolute atomic E-state index is 15.2. The van der Waals surface area contributed by atoms with Gasteiger partial charge in [-0.25, -0.2) is 19.3 Å². The number of ether oxygens (including phenoxy) is 1. The molecular formula is C27H28FN9O2. The smallest absolute Gasteiger partial charge is 0.322 e. The molecule has 11 nitrogen and oxygen atoms in total. The number of nitrogens with zero attached hydrogens (tertiary/aromatic N) is 8. The largest absolute Gasteiger partial charge is 0.421 e. The van der Waals surface area contributed by atoms with E-state index < -0.39 is 5.82 Å². The van der Waals surface area contributed by atoms with Gasteiger partial charge in [0.05, 0.1) is 11.9 Å². The van der Waals surface area contributed by atoms with Crippen molar-refractivity contribution in [2.45, 2.75) is 19.9 Å². The van der Waals surface area contributed by atoms with E-state index in [2.05, 4.69) is 36.8 Å². The Kier molecular flexibility index (Phi) is 7.17. The number of amides is 1. The molecule has 4 heterocycles. The van der Waals surface area contributed by atoms with Gasteiger partial charge in [-0.15, -0.1) is 0 Å². The first-order chi connectivity index (χ1) is 18.8. The summed E-state index contributed by atoms with van der Waals surface area (Å²) in [6, 6.07) is 6.39. The molecule has 0 bridgehead atoms. The summed E-state index contributed by atoms with van der Waals surface area (Å²) in [5.74, 6) is 0.306. The van der Waals surface area contributed by atoms with Crippen molar-refractivity contribution in [3.8, 4) is 22.9 Å². The Bertz CT molecular complexity index is 1520. The van der Waals surface area contributed by atoms with Gasteiger partial charge >= 0.3 is 6.01 Å². The van der Waals surface area contributed by atoms with Gasteiger partial charge in [-0.1, -0.05) is 12.6 Å². The normalized spacial score (nSPS) is 15.2. The van der Waals surface area contributed by atoms with Crippen LogP contribution in [0, 0.1) is 12.7 Å². The monoisotopic (exact) mass is 529 g/mol. The third-order valence-corrected chi connectivity index (χ3v) is 6.33. The highest BCUT2D eigenvalue weighted by Gasteiger charge is 2.29. The lowest BCUT2D eigenvalue weighted by Gasteiger charge is -2.41. The molecule has 200 valence electrons. The van der Waals surface area contributed by atoms with Crippen LogP contribution < -0.4 is 15.0 Å². The summed E-state index contributed by atoms with van der Waals surface area (Å²) < 4.78 is 22.5. The van der Waals surface area contributed by atoms with Crippen molar-refractivity contribution in [1.29, 1.82) is 0 Å². The van der Waals surface area contributed by atoms with Crippen LogP contribution in [0.15, 0.2) is 61.7 Å². The summed E-state index contributed by atoms with van der Waals surface area (Å²) >= 11 is 0. The van der Waals surface area contributed by atoms with Crippen molar-refractivity contribution < 1.29 is 13.9 Å². The van der Waals surface area contributed by atoms with Crippen LogP contribution in [-0.4, -0.2) is 66.2 Å². The number of nitrogens with one attached hydrogen (secondary N) is 1. The minimum Gasteiger partial charge on any atom is -0.421 e. The van der Waals surface area contributed by atoms with Crippen molar-refractivity contribution >= 4 is 23.4 Å². The highest BCUT2D eigenvalue weighted by molar-refractivity contribution is 5.87. The van der Waals surface area contributed by atoms with E-state index in [1.54, 1.807) is 47.2 Å². The van der Waals surface area contributed by atoms with Gasteiger partial charge in [0.25, 0.3) is 0 Å². The van der Waals surface area contributed by atoms with Gasteiger partial charge in [0.15, 0.2) is 11.6 Å². The van der Waals surface area contributed by atoms with Crippen molar-refractivity contribution in [1.82, 2.24) is 34.6 Å². The third kappa shape index (κ3) is 5.69. The fourth-order valence-electron chi connectivity index (χ4n) is 4.40. The first-order valence-corrected chi connectivity index (χ1v) is 12.4. The highest BCUT2D eigenvalue weighted by Crippen LogP contribution is 2.35. The number of aromatic nitrogens is 6. The second kappa shape index (κ2) is 10.9. The van der Waals surface area contributed by atoms with Crippen LogP contribution in [0.2, 0.25) is 0 Å². The molecule has 0 spiro atoms. The average molecular weight is 530 g/mol. The van der Waals surface area contributed by atoms with Gasteiger partial charge in [0, 0.05) is 62.6 Å². The fourth-order valence-corrected chi connectivity index (χ4v) is 4.40. The molecule has 1 atom stereocenters. The Hall–Kier alpha value is -4.87. The second-order valence-corrected chi connectivity index (χ2v) is 9.22. The van der Waals surface area contributed by atoms with E-state index in [0.29, 0.717) is 48.2 Å². The van der Waals surface area contributed by atoms with Crippen molar-refractivity contribution in [3.63, 3.8) is 0 Å². The van der Waals surface area contributed by atoms with Crippen LogP contribution in [0.4, 0.5) is 21.8 Å². The summed E-state index contributed by atoms with van der Waals surface area (Å²) in [6.07, 6.45) is 8.02. The van der Waals surface area contributed by atoms with Crippen molar-refractivity contribution in [3.05, 3.63) is 73.2 Å². The Labute approximate surface area is 225 Å². The lowest BCUT2D eigenvalue weighted by atomic mass is 10.1. The minimum atomic E-state index is -0.574. The number of piperazine rings is 1. The standard InChI is InChI=1S/C27H28FN9O2/c1-5-24(38)36-10-11-37(18(3)15-36)25-21(14-30-26(34-25)33-20-13-31-35(4)16-20)19-6-7-23(22(28)12-19)39-27-29-9-8-17(2)32-27/h5-9,12-14,16,18H,1,10-11,15H2,2-4H3,(H,30,33,34). The van der Waals surface area contributed by atoms with Gasteiger partial charge < -0.3 is 19.9 Å². The lowest BCUT2D eigenvalue weighted by Crippen LogP contribution is -2.53. The topological polar surface area (TPSA) is 114 Å². The molecular weight excluding hydrogens is 501 g/mol. The molecule has 1 fully saturated rings. The number of hydrogen-bond acceptors (Lipinski definition) is 9. The van der Waals surface area contributed by atoms with Crippen LogP contribution >= 0.6 is 0 Å². The fraction of sp³-hybridized carbons (Fsp3) is 0.259. The highest BCUT2D eigenvalue weighted by atomic mass is 19.1. The molecule has 0 saturated carbocycles. The van der Waals surface area contributed by atoms with Gasteiger partial charge in [-0.05, 0) is 43.7 Å². The predicted octanol–water partition coefficient (Wildman–Crippen LogP) is 3.87. The summed E-state index contributed by atoms with van der Waals surface area (Å²) in [4.78, 5) is 33.6. The van der Waals surface area contributed by atoms with Crippen LogP contribution in [0.25, 0.3) is 11.1 Å². The summed E-state index contributed by atoms with van der Waals surface area (Å²) in [5, 5.41) is 7.34. The number of carbonyl (C=O) groups excluding carboxylic acids is 1. The Morgan fingerprint density at radius 2 is 2.05 bits per heavy atom. The molecule has 1 N–H and O–H groups in total. The van der Waals surface area contributed by atoms with Crippen LogP contribution in [0.3, 0.4) is 0 Å². The Balaban J connectivity index is 1.49. The predicted molar refractivity (Wildman–Crippen MR) is 144 cm³/mol. The molecule has 1 saturated heterocycles. The number of benzene rings is 1. The molecule has 39 heavy (non-hydrogen) atoms. The summed E-state index contributed by atoms with van der Waals surface area (Å²) in [5.41, 5.74) is 2.66. The number of carbonyl (C=O) groups is 1. The van der Waals surface area contributed by atoms with E-state index in [-0.39, 0.29) is 23.7 Å². The molecule has 1 aromatic carbocycles. The molecule has 0 aliphatic carbocycles. The number of aryl methyl sites for hydroxylation is 2. The first-order valence-electron chi connectivity index (χ1n) is 12.4. The third-order valence-electron chi connectivity index (χ3n) is 6.33.